The van der Waals surface area contributed by atoms with Crippen LogP contribution in [0.3, 0.4) is 0 Å². The van der Waals surface area contributed by atoms with Crippen molar-refractivity contribution in [2.75, 3.05) is 6.61 Å². The molecule has 0 radical (unpaired) electrons. The van der Waals surface area contributed by atoms with E-state index in [1.54, 1.807) is 0 Å². The van der Waals surface area contributed by atoms with E-state index in [2.05, 4.69) is 38.2 Å². The molecular formula is C19H31NO. The first kappa shape index (κ1) is 16.5. The first-order valence-corrected chi connectivity index (χ1v) is 8.48. The average Bonchev–Trinajstić information content (AvgIpc) is 2.54. The van der Waals surface area contributed by atoms with Crippen LogP contribution in [0.5, 0.6) is 0 Å². The Morgan fingerprint density at radius 3 is 2.29 bits per heavy atom. The standard InChI is InChI=1S/C19H31NO/c1-4-19(2,3)16-10-12-17(13-11-16)20-18(14-21)15-8-6-5-7-9-15/h5-9,16-18,20-21H,4,10-14H2,1-3H3. The maximum Gasteiger partial charge on any atom is 0.0626 e. The summed E-state index contributed by atoms with van der Waals surface area (Å²) in [5.74, 6) is 0.852. The number of hydrogen-bond acceptors (Lipinski definition) is 2. The number of benzene rings is 1. The van der Waals surface area contributed by atoms with Gasteiger partial charge in [-0.15, -0.1) is 0 Å². The van der Waals surface area contributed by atoms with Crippen molar-refractivity contribution in [3.63, 3.8) is 0 Å². The predicted octanol–water partition coefficient (Wildman–Crippen LogP) is 4.30. The molecule has 0 saturated heterocycles. The van der Waals surface area contributed by atoms with Crippen LogP contribution < -0.4 is 5.32 Å². The van der Waals surface area contributed by atoms with Crippen LogP contribution in [0.1, 0.15) is 64.5 Å². The van der Waals surface area contributed by atoms with Crippen molar-refractivity contribution in [3.8, 4) is 0 Å². The zero-order chi connectivity index (χ0) is 15.3. The second-order valence-corrected chi connectivity index (χ2v) is 7.20. The molecule has 118 valence electrons. The maximum atomic E-state index is 9.67. The lowest BCUT2D eigenvalue weighted by Crippen LogP contribution is -2.39. The van der Waals surface area contributed by atoms with Gasteiger partial charge in [-0.05, 0) is 42.6 Å². The molecule has 2 heteroatoms. The summed E-state index contributed by atoms with van der Waals surface area (Å²) >= 11 is 0. The molecule has 2 nitrogen and oxygen atoms in total. The van der Waals surface area contributed by atoms with Gasteiger partial charge in [-0.2, -0.15) is 0 Å². The van der Waals surface area contributed by atoms with Crippen LogP contribution in [0.25, 0.3) is 0 Å². The Morgan fingerprint density at radius 2 is 1.76 bits per heavy atom. The topological polar surface area (TPSA) is 32.3 Å². The van der Waals surface area contributed by atoms with Gasteiger partial charge in [0.1, 0.15) is 0 Å². The highest BCUT2D eigenvalue weighted by Gasteiger charge is 2.32. The maximum absolute atomic E-state index is 9.67. The lowest BCUT2D eigenvalue weighted by atomic mass is 9.69. The van der Waals surface area contributed by atoms with Gasteiger partial charge < -0.3 is 10.4 Å². The van der Waals surface area contributed by atoms with Crippen LogP contribution >= 0.6 is 0 Å². The molecule has 1 aliphatic rings. The van der Waals surface area contributed by atoms with Gasteiger partial charge in [0.25, 0.3) is 0 Å². The summed E-state index contributed by atoms with van der Waals surface area (Å²) < 4.78 is 0. The van der Waals surface area contributed by atoms with Crippen molar-refractivity contribution in [1.82, 2.24) is 5.32 Å². The van der Waals surface area contributed by atoms with Crippen molar-refractivity contribution in [2.24, 2.45) is 11.3 Å². The monoisotopic (exact) mass is 289 g/mol. The van der Waals surface area contributed by atoms with Gasteiger partial charge >= 0.3 is 0 Å². The molecule has 0 heterocycles. The zero-order valence-electron chi connectivity index (χ0n) is 13.8. The van der Waals surface area contributed by atoms with E-state index < -0.39 is 0 Å². The van der Waals surface area contributed by atoms with Crippen LogP contribution in [-0.2, 0) is 0 Å². The minimum Gasteiger partial charge on any atom is -0.394 e. The molecule has 21 heavy (non-hydrogen) atoms. The van der Waals surface area contributed by atoms with Gasteiger partial charge in [0.05, 0.1) is 12.6 Å². The van der Waals surface area contributed by atoms with Crippen molar-refractivity contribution in [2.45, 2.75) is 65.0 Å². The van der Waals surface area contributed by atoms with Crippen LogP contribution in [0, 0.1) is 11.3 Å². The highest BCUT2D eigenvalue weighted by molar-refractivity contribution is 5.19. The quantitative estimate of drug-likeness (QED) is 0.818. The molecule has 0 bridgehead atoms. The zero-order valence-corrected chi connectivity index (χ0v) is 13.8. The van der Waals surface area contributed by atoms with Gasteiger partial charge in [-0.1, -0.05) is 57.5 Å². The number of rotatable bonds is 6. The van der Waals surface area contributed by atoms with E-state index >= 15 is 0 Å². The Kier molecular flexibility index (Phi) is 5.83. The fourth-order valence-corrected chi connectivity index (χ4v) is 3.55. The first-order chi connectivity index (χ1) is 10.1. The molecule has 1 aliphatic carbocycles. The number of aliphatic hydroxyl groups is 1. The Labute approximate surface area is 130 Å². The van der Waals surface area contributed by atoms with Gasteiger partial charge in [-0.25, -0.2) is 0 Å². The summed E-state index contributed by atoms with van der Waals surface area (Å²) in [4.78, 5) is 0. The molecular weight excluding hydrogens is 258 g/mol. The van der Waals surface area contributed by atoms with Crippen LogP contribution in [0.2, 0.25) is 0 Å². The van der Waals surface area contributed by atoms with Gasteiger partial charge in [0, 0.05) is 6.04 Å². The van der Waals surface area contributed by atoms with Gasteiger partial charge in [0.15, 0.2) is 0 Å². The fraction of sp³-hybridized carbons (Fsp3) is 0.684. The Balaban J connectivity index is 1.88. The van der Waals surface area contributed by atoms with Crippen molar-refractivity contribution >= 4 is 0 Å². The number of hydrogen-bond donors (Lipinski definition) is 2. The highest BCUT2D eigenvalue weighted by Crippen LogP contribution is 2.40. The molecule has 0 aliphatic heterocycles. The Bertz CT molecular complexity index is 407. The number of nitrogens with one attached hydrogen (secondary N) is 1. The first-order valence-electron chi connectivity index (χ1n) is 8.48. The molecule has 1 aromatic carbocycles. The molecule has 1 unspecified atom stereocenters. The van der Waals surface area contributed by atoms with Crippen molar-refractivity contribution < 1.29 is 5.11 Å². The van der Waals surface area contributed by atoms with Gasteiger partial charge in [-0.3, -0.25) is 0 Å². The SMILES string of the molecule is CCC(C)(C)C1CCC(NC(CO)c2ccccc2)CC1. The van der Waals surface area contributed by atoms with Gasteiger partial charge in [0.2, 0.25) is 0 Å². The molecule has 1 fully saturated rings. The molecule has 1 atom stereocenters. The molecule has 2 rings (SSSR count). The summed E-state index contributed by atoms with van der Waals surface area (Å²) in [6, 6.07) is 10.9. The Hall–Kier alpha value is -0.860. The van der Waals surface area contributed by atoms with E-state index in [9.17, 15) is 5.11 Å². The fourth-order valence-electron chi connectivity index (χ4n) is 3.55. The predicted molar refractivity (Wildman–Crippen MR) is 89.2 cm³/mol. The summed E-state index contributed by atoms with van der Waals surface area (Å²) in [5, 5.41) is 13.3. The molecule has 2 N–H and O–H groups in total. The smallest absolute Gasteiger partial charge is 0.0626 e. The minimum atomic E-state index is 0.0759. The summed E-state index contributed by atoms with van der Waals surface area (Å²) in [6.07, 6.45) is 6.35. The number of aliphatic hydroxyl groups excluding tert-OH is 1. The van der Waals surface area contributed by atoms with Crippen molar-refractivity contribution in [1.29, 1.82) is 0 Å². The van der Waals surface area contributed by atoms with Crippen molar-refractivity contribution in [3.05, 3.63) is 35.9 Å². The average molecular weight is 289 g/mol. The summed E-state index contributed by atoms with van der Waals surface area (Å²) in [6.45, 7) is 7.30. The van der Waals surface area contributed by atoms with Crippen LogP contribution in [-0.4, -0.2) is 17.8 Å². The van der Waals surface area contributed by atoms with Crippen LogP contribution in [0.15, 0.2) is 30.3 Å². The molecule has 1 saturated carbocycles. The third-order valence-electron chi connectivity index (χ3n) is 5.56. The third-order valence-corrected chi connectivity index (χ3v) is 5.56. The van der Waals surface area contributed by atoms with E-state index in [4.69, 9.17) is 0 Å². The normalized spacial score (nSPS) is 24.8. The minimum absolute atomic E-state index is 0.0759. The summed E-state index contributed by atoms with van der Waals surface area (Å²) in [5.41, 5.74) is 1.66. The molecule has 0 spiro atoms. The lowest BCUT2D eigenvalue weighted by molar-refractivity contribution is 0.128. The lowest BCUT2D eigenvalue weighted by Gasteiger charge is -2.40. The Morgan fingerprint density at radius 1 is 1.14 bits per heavy atom. The second-order valence-electron chi connectivity index (χ2n) is 7.20. The summed E-state index contributed by atoms with van der Waals surface area (Å²) in [7, 11) is 0. The molecule has 0 aromatic heterocycles. The largest absolute Gasteiger partial charge is 0.394 e. The van der Waals surface area contributed by atoms with E-state index in [0.717, 1.165) is 5.92 Å². The van der Waals surface area contributed by atoms with Crippen LogP contribution in [0.4, 0.5) is 0 Å². The highest BCUT2D eigenvalue weighted by atomic mass is 16.3. The van der Waals surface area contributed by atoms with E-state index in [1.165, 1.54) is 37.7 Å². The second kappa shape index (κ2) is 7.42. The van der Waals surface area contributed by atoms with E-state index in [1.807, 2.05) is 18.2 Å². The third kappa shape index (κ3) is 4.31. The molecule has 1 aromatic rings. The molecule has 0 amide bonds. The van der Waals surface area contributed by atoms with E-state index in [0.29, 0.717) is 11.5 Å². The van der Waals surface area contributed by atoms with E-state index in [-0.39, 0.29) is 12.6 Å².